The minimum absolute atomic E-state index is 0.0763. The number of carboxylic acid groups (broad SMARTS) is 1. The van der Waals surface area contributed by atoms with Gasteiger partial charge < -0.3 is 10.4 Å². The van der Waals surface area contributed by atoms with E-state index < -0.39 is 11.4 Å². The van der Waals surface area contributed by atoms with Gasteiger partial charge in [-0.15, -0.1) is 0 Å². The maximum absolute atomic E-state index is 12.1. The fourth-order valence-electron chi connectivity index (χ4n) is 3.22. The summed E-state index contributed by atoms with van der Waals surface area (Å²) in [5, 5.41) is 12.2. The summed E-state index contributed by atoms with van der Waals surface area (Å²) in [6.07, 6.45) is 4.45. The summed E-state index contributed by atoms with van der Waals surface area (Å²) in [6, 6.07) is 10.2. The van der Waals surface area contributed by atoms with Gasteiger partial charge in [-0.3, -0.25) is 9.59 Å². The summed E-state index contributed by atoms with van der Waals surface area (Å²) in [4.78, 5) is 23.4. The Morgan fingerprint density at radius 3 is 2.24 bits per heavy atom. The molecule has 0 bridgehead atoms. The second kappa shape index (κ2) is 5.17. The number of nitrogens with one attached hydrogen (secondary N) is 1. The lowest BCUT2D eigenvalue weighted by molar-refractivity contribution is -0.157. The van der Waals surface area contributed by atoms with Crippen molar-refractivity contribution in [1.82, 2.24) is 5.32 Å². The first-order valence-electron chi connectivity index (χ1n) is 7.62. The molecule has 1 amide bonds. The Morgan fingerprint density at radius 1 is 1.10 bits per heavy atom. The second-order valence-corrected chi connectivity index (χ2v) is 6.54. The van der Waals surface area contributed by atoms with Crippen LogP contribution in [0, 0.1) is 5.41 Å². The average molecular weight is 287 g/mol. The molecule has 1 aromatic carbocycles. The molecule has 0 spiro atoms. The minimum Gasteiger partial charge on any atom is -0.481 e. The zero-order valence-corrected chi connectivity index (χ0v) is 12.1. The summed E-state index contributed by atoms with van der Waals surface area (Å²) in [5.74, 6) is -0.951. The molecule has 0 atom stereocenters. The van der Waals surface area contributed by atoms with Gasteiger partial charge in [-0.25, -0.2) is 0 Å². The molecule has 2 saturated carbocycles. The highest BCUT2D eigenvalue weighted by Gasteiger charge is 2.47. The van der Waals surface area contributed by atoms with Crippen molar-refractivity contribution in [2.75, 3.05) is 6.54 Å². The van der Waals surface area contributed by atoms with Crippen LogP contribution in [0.3, 0.4) is 0 Å². The molecule has 0 unspecified atom stereocenters. The van der Waals surface area contributed by atoms with Crippen LogP contribution in [0.15, 0.2) is 30.3 Å². The van der Waals surface area contributed by atoms with E-state index >= 15 is 0 Å². The predicted molar refractivity (Wildman–Crippen MR) is 78.9 cm³/mol. The molecule has 4 heteroatoms. The number of carboxylic acids is 1. The number of carbonyl (C=O) groups excluding carboxylic acids is 1. The van der Waals surface area contributed by atoms with Gasteiger partial charge in [-0.05, 0) is 31.2 Å². The van der Waals surface area contributed by atoms with Crippen molar-refractivity contribution in [3.63, 3.8) is 0 Å². The molecule has 112 valence electrons. The molecule has 2 N–H and O–H groups in total. The molecule has 0 heterocycles. The van der Waals surface area contributed by atoms with E-state index in [0.717, 1.165) is 19.3 Å². The van der Waals surface area contributed by atoms with Crippen LogP contribution in [-0.4, -0.2) is 23.5 Å². The molecular weight excluding hydrogens is 266 g/mol. The van der Waals surface area contributed by atoms with Crippen LogP contribution in [0.25, 0.3) is 0 Å². The van der Waals surface area contributed by atoms with Crippen LogP contribution >= 0.6 is 0 Å². The van der Waals surface area contributed by atoms with Crippen molar-refractivity contribution >= 4 is 11.9 Å². The van der Waals surface area contributed by atoms with Gasteiger partial charge in [0.1, 0.15) is 0 Å². The van der Waals surface area contributed by atoms with Gasteiger partial charge >= 0.3 is 5.97 Å². The molecule has 2 aliphatic carbocycles. The van der Waals surface area contributed by atoms with E-state index in [1.54, 1.807) is 0 Å². The third-order valence-corrected chi connectivity index (χ3v) is 5.13. The molecule has 0 saturated heterocycles. The number of hydrogen-bond acceptors (Lipinski definition) is 2. The molecule has 0 radical (unpaired) electrons. The van der Waals surface area contributed by atoms with Gasteiger partial charge in [-0.1, -0.05) is 36.8 Å². The summed E-state index contributed by atoms with van der Waals surface area (Å²) in [6.45, 7) is 0.617. The number of aliphatic carboxylic acids is 1. The van der Waals surface area contributed by atoms with Crippen molar-refractivity contribution in [3.05, 3.63) is 35.9 Å². The van der Waals surface area contributed by atoms with Crippen LogP contribution in [0.4, 0.5) is 0 Å². The van der Waals surface area contributed by atoms with Crippen LogP contribution in [0.5, 0.6) is 0 Å². The first kappa shape index (κ1) is 14.1. The van der Waals surface area contributed by atoms with Gasteiger partial charge in [0.15, 0.2) is 0 Å². The highest BCUT2D eigenvalue weighted by atomic mass is 16.4. The molecular formula is C17H21NO3. The molecule has 4 nitrogen and oxygen atoms in total. The van der Waals surface area contributed by atoms with Crippen LogP contribution in [0.1, 0.15) is 44.1 Å². The van der Waals surface area contributed by atoms with Gasteiger partial charge in [0, 0.05) is 18.4 Å². The lowest BCUT2D eigenvalue weighted by Crippen LogP contribution is -2.43. The van der Waals surface area contributed by atoms with Gasteiger partial charge in [0.2, 0.25) is 5.91 Å². The van der Waals surface area contributed by atoms with Crippen molar-refractivity contribution in [1.29, 1.82) is 0 Å². The normalized spacial score (nSPS) is 21.1. The van der Waals surface area contributed by atoms with E-state index in [9.17, 15) is 14.7 Å². The summed E-state index contributed by atoms with van der Waals surface area (Å²) >= 11 is 0. The number of rotatable bonds is 6. The van der Waals surface area contributed by atoms with E-state index in [-0.39, 0.29) is 17.7 Å². The fourth-order valence-corrected chi connectivity index (χ4v) is 3.22. The average Bonchev–Trinajstić information content (AvgIpc) is 3.22. The third-order valence-electron chi connectivity index (χ3n) is 5.13. The number of benzene rings is 1. The van der Waals surface area contributed by atoms with Gasteiger partial charge in [0.25, 0.3) is 0 Å². The zero-order valence-electron chi connectivity index (χ0n) is 12.1. The van der Waals surface area contributed by atoms with Crippen molar-refractivity contribution in [2.45, 2.75) is 43.9 Å². The standard InChI is InChI=1S/C17H21NO3/c19-14(11-16(15(20)21)7-4-8-16)18-12-17(9-10-17)13-5-2-1-3-6-13/h1-3,5-6H,4,7-12H2,(H,18,19)(H,20,21). The number of hydrogen-bond donors (Lipinski definition) is 2. The zero-order chi connectivity index (χ0) is 14.9. The number of carbonyl (C=O) groups is 2. The lowest BCUT2D eigenvalue weighted by Gasteiger charge is -2.37. The molecule has 0 aromatic heterocycles. The Balaban J connectivity index is 1.56. The Labute approximate surface area is 124 Å². The first-order valence-corrected chi connectivity index (χ1v) is 7.62. The quantitative estimate of drug-likeness (QED) is 0.844. The highest BCUT2D eigenvalue weighted by molar-refractivity contribution is 5.85. The Bertz CT molecular complexity index is 544. The van der Waals surface area contributed by atoms with Crippen LogP contribution in [0.2, 0.25) is 0 Å². The highest BCUT2D eigenvalue weighted by Crippen LogP contribution is 2.48. The van der Waals surface area contributed by atoms with Crippen LogP contribution in [-0.2, 0) is 15.0 Å². The smallest absolute Gasteiger partial charge is 0.310 e. The molecule has 2 aliphatic rings. The fraction of sp³-hybridized carbons (Fsp3) is 0.529. The van der Waals surface area contributed by atoms with Crippen molar-refractivity contribution in [2.24, 2.45) is 5.41 Å². The molecule has 0 aliphatic heterocycles. The van der Waals surface area contributed by atoms with Gasteiger partial charge in [0.05, 0.1) is 5.41 Å². The van der Waals surface area contributed by atoms with E-state index in [2.05, 4.69) is 17.4 Å². The molecule has 21 heavy (non-hydrogen) atoms. The van der Waals surface area contributed by atoms with E-state index in [1.165, 1.54) is 5.56 Å². The molecule has 3 rings (SSSR count). The molecule has 2 fully saturated rings. The molecule has 1 aromatic rings. The van der Waals surface area contributed by atoms with Crippen LogP contribution < -0.4 is 5.32 Å². The summed E-state index contributed by atoms with van der Waals surface area (Å²) < 4.78 is 0. The van der Waals surface area contributed by atoms with E-state index in [0.29, 0.717) is 19.4 Å². The van der Waals surface area contributed by atoms with Crippen molar-refractivity contribution in [3.8, 4) is 0 Å². The Kier molecular flexibility index (Phi) is 3.47. The van der Waals surface area contributed by atoms with Crippen molar-refractivity contribution < 1.29 is 14.7 Å². The maximum Gasteiger partial charge on any atom is 0.310 e. The topological polar surface area (TPSA) is 66.4 Å². The summed E-state index contributed by atoms with van der Waals surface area (Å²) in [5.41, 5.74) is 0.544. The predicted octanol–water partition coefficient (Wildman–Crippen LogP) is 2.48. The lowest BCUT2D eigenvalue weighted by atomic mass is 9.66. The number of amides is 1. The largest absolute Gasteiger partial charge is 0.481 e. The minimum atomic E-state index is -0.826. The second-order valence-electron chi connectivity index (χ2n) is 6.54. The maximum atomic E-state index is 12.1. The Morgan fingerprint density at radius 2 is 1.76 bits per heavy atom. The van der Waals surface area contributed by atoms with E-state index in [1.807, 2.05) is 18.2 Å². The summed E-state index contributed by atoms with van der Waals surface area (Å²) in [7, 11) is 0. The SMILES string of the molecule is O=C(CC1(C(=O)O)CCC1)NCC1(c2ccccc2)CC1. The Hall–Kier alpha value is -1.84. The third kappa shape index (κ3) is 2.67. The van der Waals surface area contributed by atoms with E-state index in [4.69, 9.17) is 0 Å². The monoisotopic (exact) mass is 287 g/mol. The first-order chi connectivity index (χ1) is 10.1. The van der Waals surface area contributed by atoms with Gasteiger partial charge in [-0.2, -0.15) is 0 Å².